The number of nitrogens with two attached hydrogens (primary N) is 1. The summed E-state index contributed by atoms with van der Waals surface area (Å²) in [7, 11) is 0. The maximum absolute atomic E-state index is 12.7. The summed E-state index contributed by atoms with van der Waals surface area (Å²) >= 11 is 0. The molecule has 3 N–H and O–H groups in total. The van der Waals surface area contributed by atoms with Crippen molar-refractivity contribution in [2.75, 3.05) is 0 Å². The lowest BCUT2D eigenvalue weighted by atomic mass is 9.98. The van der Waals surface area contributed by atoms with E-state index in [0.29, 0.717) is 0 Å². The van der Waals surface area contributed by atoms with Crippen LogP contribution in [0.2, 0.25) is 0 Å². The summed E-state index contributed by atoms with van der Waals surface area (Å²) in [5, 5.41) is 17.4. The smallest absolute Gasteiger partial charge is 0.336 e. The van der Waals surface area contributed by atoms with E-state index >= 15 is 0 Å². The first-order chi connectivity index (χ1) is 7.51. The monoisotopic (exact) mass is 226 g/mol. The number of benzene rings is 1. The maximum Gasteiger partial charge on any atom is 0.336 e. The minimum absolute atomic E-state index is 0.00208. The van der Waals surface area contributed by atoms with Crippen molar-refractivity contribution in [2.24, 2.45) is 5.73 Å². The van der Waals surface area contributed by atoms with Gasteiger partial charge in [0.25, 0.3) is 6.43 Å². The number of carboxylic acid groups (broad SMARTS) is 1. The fourth-order valence-electron chi connectivity index (χ4n) is 1.38. The maximum atomic E-state index is 12.7. The molecule has 0 bridgehead atoms. The van der Waals surface area contributed by atoms with Crippen molar-refractivity contribution in [3.8, 4) is 6.07 Å². The Hall–Kier alpha value is -2.00. The zero-order valence-corrected chi connectivity index (χ0v) is 8.08. The molecule has 0 radical (unpaired) electrons. The zero-order valence-electron chi connectivity index (χ0n) is 8.08. The van der Waals surface area contributed by atoms with E-state index in [-0.39, 0.29) is 17.7 Å². The largest absolute Gasteiger partial charge is 0.478 e. The van der Waals surface area contributed by atoms with Gasteiger partial charge >= 0.3 is 5.97 Å². The number of hydrogen-bond donors (Lipinski definition) is 2. The molecule has 0 atom stereocenters. The molecular weight excluding hydrogens is 218 g/mol. The number of nitrogens with zero attached hydrogens (tertiary/aromatic N) is 1. The Labute approximate surface area is 89.9 Å². The number of halogens is 2. The molecule has 0 amide bonds. The zero-order chi connectivity index (χ0) is 12.3. The van der Waals surface area contributed by atoms with Crippen LogP contribution >= 0.6 is 0 Å². The number of carboxylic acids is 1. The number of hydrogen-bond acceptors (Lipinski definition) is 3. The van der Waals surface area contributed by atoms with Gasteiger partial charge in [-0.1, -0.05) is 0 Å². The molecule has 84 valence electrons. The highest BCUT2D eigenvalue weighted by molar-refractivity contribution is 5.90. The third-order valence-corrected chi connectivity index (χ3v) is 2.06. The Balaban J connectivity index is 3.55. The van der Waals surface area contributed by atoms with Gasteiger partial charge in [0.15, 0.2) is 0 Å². The van der Waals surface area contributed by atoms with Crippen molar-refractivity contribution in [3.05, 3.63) is 34.4 Å². The van der Waals surface area contributed by atoms with Crippen molar-refractivity contribution in [1.82, 2.24) is 0 Å². The molecule has 4 nitrogen and oxygen atoms in total. The topological polar surface area (TPSA) is 87.1 Å². The highest BCUT2D eigenvalue weighted by Crippen LogP contribution is 2.28. The predicted octanol–water partition coefficient (Wildman–Crippen LogP) is 1.65. The molecule has 0 aliphatic carbocycles. The van der Waals surface area contributed by atoms with Crippen LogP contribution in [0.3, 0.4) is 0 Å². The van der Waals surface area contributed by atoms with Gasteiger partial charge in [-0.3, -0.25) is 0 Å². The molecule has 0 fully saturated rings. The molecule has 0 aromatic heterocycles. The molecule has 0 heterocycles. The van der Waals surface area contributed by atoms with Gasteiger partial charge in [-0.05, 0) is 17.7 Å². The van der Waals surface area contributed by atoms with Gasteiger partial charge in [0, 0.05) is 12.1 Å². The first-order valence-corrected chi connectivity index (χ1v) is 4.29. The molecule has 1 aromatic carbocycles. The standard InChI is InChI=1S/C10H8F2N2O2/c11-9(12)8-6(4-14)1-5(3-13)2-7(8)10(15)16/h1-2,9H,4,14H2,(H,15,16). The van der Waals surface area contributed by atoms with Crippen LogP contribution in [-0.4, -0.2) is 11.1 Å². The number of carbonyl (C=O) groups is 1. The molecule has 16 heavy (non-hydrogen) atoms. The van der Waals surface area contributed by atoms with Crippen molar-refractivity contribution in [1.29, 1.82) is 5.26 Å². The number of nitriles is 1. The number of aromatic carboxylic acids is 1. The van der Waals surface area contributed by atoms with E-state index < -0.39 is 23.5 Å². The fraction of sp³-hybridized carbons (Fsp3) is 0.200. The van der Waals surface area contributed by atoms with Gasteiger partial charge in [-0.2, -0.15) is 5.26 Å². The fourth-order valence-corrected chi connectivity index (χ4v) is 1.38. The quantitative estimate of drug-likeness (QED) is 0.820. The summed E-state index contributed by atoms with van der Waals surface area (Å²) in [5.41, 5.74) is 4.03. The molecule has 0 unspecified atom stereocenters. The summed E-state index contributed by atoms with van der Waals surface area (Å²) in [6.45, 7) is -0.241. The van der Waals surface area contributed by atoms with Crippen LogP contribution in [0.5, 0.6) is 0 Å². The van der Waals surface area contributed by atoms with E-state index in [1.54, 1.807) is 6.07 Å². The summed E-state index contributed by atoms with van der Waals surface area (Å²) in [6, 6.07) is 3.79. The van der Waals surface area contributed by atoms with Gasteiger partial charge < -0.3 is 10.8 Å². The van der Waals surface area contributed by atoms with E-state index in [1.165, 1.54) is 6.07 Å². The molecule has 1 aromatic rings. The summed E-state index contributed by atoms with van der Waals surface area (Å²) < 4.78 is 25.3. The summed E-state index contributed by atoms with van der Waals surface area (Å²) in [6.07, 6.45) is -2.93. The van der Waals surface area contributed by atoms with Gasteiger partial charge in [-0.25, -0.2) is 13.6 Å². The van der Waals surface area contributed by atoms with Gasteiger partial charge in [-0.15, -0.1) is 0 Å². The highest BCUT2D eigenvalue weighted by Gasteiger charge is 2.22. The van der Waals surface area contributed by atoms with Gasteiger partial charge in [0.1, 0.15) is 0 Å². The van der Waals surface area contributed by atoms with Gasteiger partial charge in [0.2, 0.25) is 0 Å². The number of alkyl halides is 2. The van der Waals surface area contributed by atoms with Crippen LogP contribution in [0.15, 0.2) is 12.1 Å². The highest BCUT2D eigenvalue weighted by atomic mass is 19.3. The van der Waals surface area contributed by atoms with Crippen molar-refractivity contribution in [2.45, 2.75) is 13.0 Å². The SMILES string of the molecule is N#Cc1cc(CN)c(C(F)F)c(C(=O)O)c1. The minimum Gasteiger partial charge on any atom is -0.478 e. The van der Waals surface area contributed by atoms with Crippen molar-refractivity contribution >= 4 is 5.97 Å². The normalized spacial score (nSPS) is 10.2. The summed E-state index contributed by atoms with van der Waals surface area (Å²) in [5.74, 6) is -1.50. The summed E-state index contributed by atoms with van der Waals surface area (Å²) in [4.78, 5) is 10.8. The number of rotatable bonds is 3. The lowest BCUT2D eigenvalue weighted by Gasteiger charge is -2.10. The van der Waals surface area contributed by atoms with E-state index in [2.05, 4.69) is 0 Å². The van der Waals surface area contributed by atoms with Crippen LogP contribution in [0.1, 0.15) is 33.5 Å². The van der Waals surface area contributed by atoms with Crippen LogP contribution in [-0.2, 0) is 6.54 Å². The van der Waals surface area contributed by atoms with E-state index in [4.69, 9.17) is 16.1 Å². The Morgan fingerprint density at radius 3 is 2.56 bits per heavy atom. The van der Waals surface area contributed by atoms with E-state index in [9.17, 15) is 13.6 Å². The third kappa shape index (κ3) is 2.15. The van der Waals surface area contributed by atoms with E-state index in [0.717, 1.165) is 6.07 Å². The van der Waals surface area contributed by atoms with E-state index in [1.807, 2.05) is 0 Å². The van der Waals surface area contributed by atoms with Crippen LogP contribution in [0, 0.1) is 11.3 Å². The van der Waals surface area contributed by atoms with Crippen LogP contribution < -0.4 is 5.73 Å². The Morgan fingerprint density at radius 1 is 1.56 bits per heavy atom. The second kappa shape index (κ2) is 4.68. The molecule has 0 saturated carbocycles. The first kappa shape index (κ1) is 12.1. The third-order valence-electron chi connectivity index (χ3n) is 2.06. The average Bonchev–Trinajstić information content (AvgIpc) is 2.26. The second-order valence-electron chi connectivity index (χ2n) is 3.02. The van der Waals surface area contributed by atoms with Crippen LogP contribution in [0.25, 0.3) is 0 Å². The molecule has 0 aliphatic heterocycles. The molecule has 0 aliphatic rings. The molecule has 6 heteroatoms. The lowest BCUT2D eigenvalue weighted by molar-refractivity contribution is 0.0684. The Bertz CT molecular complexity index is 467. The van der Waals surface area contributed by atoms with Crippen molar-refractivity contribution < 1.29 is 18.7 Å². The van der Waals surface area contributed by atoms with Gasteiger partial charge in [0.05, 0.1) is 17.2 Å². The molecule has 0 spiro atoms. The Kier molecular flexibility index (Phi) is 3.53. The Morgan fingerprint density at radius 2 is 2.19 bits per heavy atom. The molecule has 1 rings (SSSR count). The van der Waals surface area contributed by atoms with Crippen LogP contribution in [0.4, 0.5) is 8.78 Å². The molecule has 0 saturated heterocycles. The van der Waals surface area contributed by atoms with Crippen molar-refractivity contribution in [3.63, 3.8) is 0 Å². The molecular formula is C10H8F2N2O2. The lowest BCUT2D eigenvalue weighted by Crippen LogP contribution is -2.10. The average molecular weight is 226 g/mol. The second-order valence-corrected chi connectivity index (χ2v) is 3.02. The first-order valence-electron chi connectivity index (χ1n) is 4.29. The minimum atomic E-state index is -2.93. The predicted molar refractivity (Wildman–Crippen MR) is 51.0 cm³/mol.